The molecule has 0 unspecified atom stereocenters. The van der Waals surface area contributed by atoms with Crippen molar-refractivity contribution in [3.05, 3.63) is 77.9 Å². The highest BCUT2D eigenvalue weighted by Crippen LogP contribution is 2.32. The summed E-state index contributed by atoms with van der Waals surface area (Å²) in [6.07, 6.45) is 0. The Labute approximate surface area is 146 Å². The van der Waals surface area contributed by atoms with Crippen LogP contribution in [0.5, 0.6) is 0 Å². The molecule has 0 atom stereocenters. The van der Waals surface area contributed by atoms with E-state index in [1.54, 1.807) is 15.9 Å². The van der Waals surface area contributed by atoms with Gasteiger partial charge in [-0.05, 0) is 45.0 Å². The molecule has 0 saturated carbocycles. The molecule has 0 fully saturated rings. The molecule has 0 amide bonds. The van der Waals surface area contributed by atoms with Gasteiger partial charge in [-0.1, -0.05) is 92.7 Å². The number of benzene rings is 3. The SMILES string of the molecule is Cc1ccc2c(c1C(C)(C)C)[Si](c1ccccc1)c1ccccc1-2. The molecule has 3 aromatic rings. The monoisotopic (exact) mass is 327 g/mol. The molecule has 1 aliphatic rings. The van der Waals surface area contributed by atoms with Crippen molar-refractivity contribution in [2.45, 2.75) is 33.1 Å². The van der Waals surface area contributed by atoms with Crippen LogP contribution < -0.4 is 15.6 Å². The summed E-state index contributed by atoms with van der Waals surface area (Å²) in [7, 11) is -0.938. The molecule has 1 aliphatic heterocycles. The summed E-state index contributed by atoms with van der Waals surface area (Å²) >= 11 is 0. The maximum atomic E-state index is 2.35. The molecule has 119 valence electrons. The van der Waals surface area contributed by atoms with E-state index in [1.165, 1.54) is 21.9 Å². The number of rotatable bonds is 1. The lowest BCUT2D eigenvalue weighted by Gasteiger charge is -2.28. The number of hydrogen-bond donors (Lipinski definition) is 0. The smallest absolute Gasteiger partial charge is 0.0624 e. The highest BCUT2D eigenvalue weighted by molar-refractivity contribution is 6.99. The van der Waals surface area contributed by atoms with Crippen LogP contribution >= 0.6 is 0 Å². The first-order chi connectivity index (χ1) is 11.5. The minimum atomic E-state index is -0.938. The summed E-state index contributed by atoms with van der Waals surface area (Å²) < 4.78 is 0. The Balaban J connectivity index is 2.09. The van der Waals surface area contributed by atoms with E-state index in [9.17, 15) is 0 Å². The second-order valence-electron chi connectivity index (χ2n) is 7.72. The average Bonchev–Trinajstić information content (AvgIpc) is 2.88. The topological polar surface area (TPSA) is 0 Å². The zero-order valence-corrected chi connectivity index (χ0v) is 15.9. The Morgan fingerprint density at radius 3 is 2.08 bits per heavy atom. The number of hydrogen-bond acceptors (Lipinski definition) is 0. The van der Waals surface area contributed by atoms with E-state index in [0.717, 1.165) is 0 Å². The Bertz CT molecular complexity index is 901. The molecule has 1 heterocycles. The quantitative estimate of drug-likeness (QED) is 0.467. The molecule has 24 heavy (non-hydrogen) atoms. The van der Waals surface area contributed by atoms with Crippen molar-refractivity contribution in [2.75, 3.05) is 0 Å². The van der Waals surface area contributed by atoms with E-state index in [-0.39, 0.29) is 5.41 Å². The summed E-state index contributed by atoms with van der Waals surface area (Å²) in [4.78, 5) is 0. The van der Waals surface area contributed by atoms with E-state index in [2.05, 4.69) is 94.4 Å². The molecular weight excluding hydrogens is 304 g/mol. The molecule has 0 N–H and O–H groups in total. The van der Waals surface area contributed by atoms with Crippen LogP contribution in [-0.2, 0) is 5.41 Å². The highest BCUT2D eigenvalue weighted by Gasteiger charge is 2.36. The van der Waals surface area contributed by atoms with Crippen LogP contribution in [0.4, 0.5) is 0 Å². The lowest BCUT2D eigenvalue weighted by atomic mass is 9.82. The van der Waals surface area contributed by atoms with Crippen molar-refractivity contribution in [1.29, 1.82) is 0 Å². The van der Waals surface area contributed by atoms with Gasteiger partial charge in [-0.25, -0.2) is 0 Å². The van der Waals surface area contributed by atoms with E-state index in [0.29, 0.717) is 0 Å². The van der Waals surface area contributed by atoms with Crippen molar-refractivity contribution >= 4 is 24.4 Å². The Hall–Kier alpha value is -2.12. The summed E-state index contributed by atoms with van der Waals surface area (Å²) in [5.74, 6) is 0. The lowest BCUT2D eigenvalue weighted by molar-refractivity contribution is 0.590. The fraction of sp³-hybridized carbons (Fsp3) is 0.217. The van der Waals surface area contributed by atoms with Crippen LogP contribution in [0, 0.1) is 6.92 Å². The molecule has 3 aromatic carbocycles. The van der Waals surface area contributed by atoms with Crippen LogP contribution in [0.1, 0.15) is 31.9 Å². The molecule has 4 rings (SSSR count). The normalized spacial score (nSPS) is 13.7. The zero-order valence-electron chi connectivity index (χ0n) is 14.9. The molecule has 0 aromatic heterocycles. The minimum absolute atomic E-state index is 0.155. The summed E-state index contributed by atoms with van der Waals surface area (Å²) in [5, 5.41) is 4.64. The van der Waals surface area contributed by atoms with Crippen molar-refractivity contribution in [3.63, 3.8) is 0 Å². The predicted octanol–water partition coefficient (Wildman–Crippen LogP) is 3.79. The van der Waals surface area contributed by atoms with Gasteiger partial charge in [-0.2, -0.15) is 0 Å². The van der Waals surface area contributed by atoms with Crippen molar-refractivity contribution in [3.8, 4) is 11.1 Å². The largest absolute Gasteiger partial charge is 0.156 e. The Kier molecular flexibility index (Phi) is 3.50. The lowest BCUT2D eigenvalue weighted by Crippen LogP contribution is -2.51. The third-order valence-corrected chi connectivity index (χ3v) is 7.87. The molecule has 1 radical (unpaired) electrons. The molecular formula is C23H23Si. The molecule has 1 heteroatoms. The second kappa shape index (κ2) is 5.46. The Morgan fingerprint density at radius 1 is 0.708 bits per heavy atom. The zero-order chi connectivity index (χ0) is 16.9. The van der Waals surface area contributed by atoms with E-state index in [1.807, 2.05) is 0 Å². The Morgan fingerprint density at radius 2 is 1.38 bits per heavy atom. The van der Waals surface area contributed by atoms with Crippen LogP contribution in [0.15, 0.2) is 66.7 Å². The summed E-state index contributed by atoms with van der Waals surface area (Å²) in [6, 6.07) is 24.8. The van der Waals surface area contributed by atoms with Crippen LogP contribution in [0.3, 0.4) is 0 Å². The first-order valence-corrected chi connectivity index (χ1v) is 10.1. The van der Waals surface area contributed by atoms with Gasteiger partial charge in [0.05, 0.1) is 0 Å². The number of fused-ring (bicyclic) bond motifs is 3. The number of aryl methyl sites for hydroxylation is 1. The van der Waals surface area contributed by atoms with E-state index < -0.39 is 8.80 Å². The third-order valence-electron chi connectivity index (χ3n) is 4.96. The van der Waals surface area contributed by atoms with Crippen molar-refractivity contribution in [1.82, 2.24) is 0 Å². The molecule has 0 bridgehead atoms. The van der Waals surface area contributed by atoms with Crippen molar-refractivity contribution < 1.29 is 0 Å². The molecule has 0 spiro atoms. The van der Waals surface area contributed by atoms with Gasteiger partial charge in [0.15, 0.2) is 8.80 Å². The fourth-order valence-corrected chi connectivity index (χ4v) is 7.59. The van der Waals surface area contributed by atoms with Crippen molar-refractivity contribution in [2.24, 2.45) is 0 Å². The van der Waals surface area contributed by atoms with Gasteiger partial charge in [0, 0.05) is 0 Å². The van der Waals surface area contributed by atoms with Gasteiger partial charge in [-0.3, -0.25) is 0 Å². The van der Waals surface area contributed by atoms with Crippen LogP contribution in [0.2, 0.25) is 0 Å². The van der Waals surface area contributed by atoms with Gasteiger partial charge in [-0.15, -0.1) is 0 Å². The molecule has 0 nitrogen and oxygen atoms in total. The fourth-order valence-electron chi connectivity index (χ4n) is 4.13. The van der Waals surface area contributed by atoms with E-state index >= 15 is 0 Å². The minimum Gasteiger partial charge on any atom is -0.0624 e. The molecule has 0 aliphatic carbocycles. The maximum absolute atomic E-state index is 2.35. The maximum Gasteiger partial charge on any atom is 0.156 e. The van der Waals surface area contributed by atoms with Crippen LogP contribution in [0.25, 0.3) is 11.1 Å². The van der Waals surface area contributed by atoms with Gasteiger partial charge < -0.3 is 0 Å². The summed E-state index contributed by atoms with van der Waals surface area (Å²) in [6.45, 7) is 9.32. The standard InChI is InChI=1S/C23H23Si/c1-16-14-15-19-18-12-8-9-13-20(18)24(17-10-6-5-7-11-17)22(19)21(16)23(2,3)4/h5-15H,1-4H3. The predicted molar refractivity (Wildman–Crippen MR) is 106 cm³/mol. The van der Waals surface area contributed by atoms with Crippen LogP contribution in [-0.4, -0.2) is 8.80 Å². The third kappa shape index (κ3) is 2.27. The highest BCUT2D eigenvalue weighted by atomic mass is 28.3. The average molecular weight is 328 g/mol. The molecule has 0 saturated heterocycles. The second-order valence-corrected chi connectivity index (χ2v) is 10.1. The van der Waals surface area contributed by atoms with Gasteiger partial charge in [0.2, 0.25) is 0 Å². The van der Waals surface area contributed by atoms with Gasteiger partial charge in [0.25, 0.3) is 0 Å². The summed E-state index contributed by atoms with van der Waals surface area (Å²) in [5.41, 5.74) is 6.03. The first-order valence-electron chi connectivity index (χ1n) is 8.65. The van der Waals surface area contributed by atoms with E-state index in [4.69, 9.17) is 0 Å². The first kappa shape index (κ1) is 15.4. The van der Waals surface area contributed by atoms with Gasteiger partial charge >= 0.3 is 0 Å². The van der Waals surface area contributed by atoms with Gasteiger partial charge in [0.1, 0.15) is 0 Å².